The van der Waals surface area contributed by atoms with E-state index >= 15 is 0 Å². The molecule has 0 spiro atoms. The van der Waals surface area contributed by atoms with Crippen LogP contribution in [0, 0.1) is 12.8 Å². The van der Waals surface area contributed by atoms with E-state index in [4.69, 9.17) is 5.11 Å². The molecular weight excluding hydrogens is 316 g/mol. The minimum Gasteiger partial charge on any atom is -0.481 e. The van der Waals surface area contributed by atoms with Gasteiger partial charge in [0.15, 0.2) is 5.13 Å². The molecule has 0 radical (unpaired) electrons. The summed E-state index contributed by atoms with van der Waals surface area (Å²) in [5.74, 6) is -0.962. The molecule has 0 aliphatic carbocycles. The van der Waals surface area contributed by atoms with Crippen LogP contribution < -0.4 is 4.90 Å². The number of hydrogen-bond donors (Lipinski definition) is 1. The number of carbonyl (C=O) groups is 1. The van der Waals surface area contributed by atoms with E-state index in [2.05, 4.69) is 27.0 Å². The zero-order valence-corrected chi connectivity index (χ0v) is 12.1. The van der Waals surface area contributed by atoms with Gasteiger partial charge in [-0.1, -0.05) is 27.3 Å². The predicted octanol–water partition coefficient (Wildman–Crippen LogP) is 2.89. The SMILES string of the molecule is Cc1cc(Br)cc2sc(N3CC(C(=O)O)C3)nc12. The van der Waals surface area contributed by atoms with Gasteiger partial charge < -0.3 is 10.0 Å². The van der Waals surface area contributed by atoms with Gasteiger partial charge in [-0.15, -0.1) is 0 Å². The highest BCUT2D eigenvalue weighted by Crippen LogP contribution is 2.35. The van der Waals surface area contributed by atoms with Gasteiger partial charge in [-0.2, -0.15) is 0 Å². The smallest absolute Gasteiger partial charge is 0.310 e. The number of hydrogen-bond acceptors (Lipinski definition) is 4. The first kappa shape index (κ1) is 11.9. The van der Waals surface area contributed by atoms with E-state index in [1.165, 1.54) is 0 Å². The average Bonchev–Trinajstić information content (AvgIpc) is 2.58. The number of carboxylic acid groups (broad SMARTS) is 1. The predicted molar refractivity (Wildman–Crippen MR) is 75.4 cm³/mol. The molecule has 2 heterocycles. The number of rotatable bonds is 2. The van der Waals surface area contributed by atoms with E-state index in [0.29, 0.717) is 13.1 Å². The minimum atomic E-state index is -0.716. The summed E-state index contributed by atoms with van der Waals surface area (Å²) in [6, 6.07) is 4.10. The van der Waals surface area contributed by atoms with Gasteiger partial charge in [0, 0.05) is 17.6 Å². The van der Waals surface area contributed by atoms with Crippen molar-refractivity contribution >= 4 is 48.6 Å². The van der Waals surface area contributed by atoms with Crippen molar-refractivity contribution in [1.82, 2.24) is 4.98 Å². The molecule has 0 bridgehead atoms. The largest absolute Gasteiger partial charge is 0.481 e. The van der Waals surface area contributed by atoms with Crippen molar-refractivity contribution in [2.75, 3.05) is 18.0 Å². The summed E-state index contributed by atoms with van der Waals surface area (Å²) < 4.78 is 2.19. The molecular formula is C12H11BrN2O2S. The van der Waals surface area contributed by atoms with Gasteiger partial charge >= 0.3 is 5.97 Å². The van der Waals surface area contributed by atoms with Crippen LogP contribution in [0.2, 0.25) is 0 Å². The highest BCUT2D eigenvalue weighted by atomic mass is 79.9. The highest BCUT2D eigenvalue weighted by molar-refractivity contribution is 9.10. The van der Waals surface area contributed by atoms with Gasteiger partial charge in [0.25, 0.3) is 0 Å². The average molecular weight is 327 g/mol. The Morgan fingerprint density at radius 3 is 2.94 bits per heavy atom. The molecule has 1 aromatic carbocycles. The molecule has 4 nitrogen and oxygen atoms in total. The summed E-state index contributed by atoms with van der Waals surface area (Å²) in [6.07, 6.45) is 0. The molecule has 94 valence electrons. The molecule has 0 atom stereocenters. The quantitative estimate of drug-likeness (QED) is 0.921. The third-order valence-corrected chi connectivity index (χ3v) is 4.66. The number of aliphatic carboxylic acids is 1. The lowest BCUT2D eigenvalue weighted by atomic mass is 10.0. The van der Waals surface area contributed by atoms with Crippen LogP contribution in [-0.2, 0) is 4.79 Å². The van der Waals surface area contributed by atoms with Crippen LogP contribution in [0.3, 0.4) is 0 Å². The summed E-state index contributed by atoms with van der Waals surface area (Å²) in [6.45, 7) is 3.16. The number of anilines is 1. The molecule has 1 aliphatic heterocycles. The summed E-state index contributed by atoms with van der Waals surface area (Å²) in [7, 11) is 0. The van der Waals surface area contributed by atoms with Crippen molar-refractivity contribution in [3.05, 3.63) is 22.2 Å². The lowest BCUT2D eigenvalue weighted by molar-refractivity contribution is -0.142. The minimum absolute atomic E-state index is 0.246. The van der Waals surface area contributed by atoms with E-state index in [1.807, 2.05) is 17.9 Å². The Morgan fingerprint density at radius 1 is 1.56 bits per heavy atom. The van der Waals surface area contributed by atoms with Crippen molar-refractivity contribution in [3.8, 4) is 0 Å². The first-order chi connectivity index (χ1) is 8.54. The third-order valence-electron chi connectivity index (χ3n) is 3.14. The first-order valence-electron chi connectivity index (χ1n) is 5.59. The van der Waals surface area contributed by atoms with Crippen molar-refractivity contribution in [3.63, 3.8) is 0 Å². The van der Waals surface area contributed by atoms with Crippen molar-refractivity contribution < 1.29 is 9.90 Å². The van der Waals surface area contributed by atoms with Crippen LogP contribution in [0.1, 0.15) is 5.56 Å². The Labute approximate surface area is 116 Å². The molecule has 1 aromatic heterocycles. The van der Waals surface area contributed by atoms with E-state index in [-0.39, 0.29) is 5.92 Å². The van der Waals surface area contributed by atoms with Crippen molar-refractivity contribution in [2.24, 2.45) is 5.92 Å². The van der Waals surface area contributed by atoms with Gasteiger partial charge in [0.1, 0.15) is 0 Å². The van der Waals surface area contributed by atoms with Gasteiger partial charge in [-0.3, -0.25) is 4.79 Å². The highest BCUT2D eigenvalue weighted by Gasteiger charge is 2.34. The van der Waals surface area contributed by atoms with Crippen molar-refractivity contribution in [1.29, 1.82) is 0 Å². The fourth-order valence-corrected chi connectivity index (χ4v) is 3.89. The summed E-state index contributed by atoms with van der Waals surface area (Å²) >= 11 is 5.09. The second kappa shape index (κ2) is 4.20. The second-order valence-corrected chi connectivity index (χ2v) is 6.43. The molecule has 6 heteroatoms. The number of thiazole rings is 1. The van der Waals surface area contributed by atoms with Crippen LogP contribution in [-0.4, -0.2) is 29.1 Å². The second-order valence-electron chi connectivity index (χ2n) is 4.51. The van der Waals surface area contributed by atoms with Gasteiger partial charge in [0.05, 0.1) is 16.1 Å². The number of nitrogens with zero attached hydrogens (tertiary/aromatic N) is 2. The normalized spacial score (nSPS) is 16.0. The standard InChI is InChI=1S/C12H11BrN2O2S/c1-6-2-8(13)3-9-10(6)14-12(18-9)15-4-7(5-15)11(16)17/h2-3,7H,4-5H2,1H3,(H,16,17). The number of aromatic nitrogens is 1. The molecule has 2 aromatic rings. The summed E-state index contributed by atoms with van der Waals surface area (Å²) in [5, 5.41) is 9.79. The maximum atomic E-state index is 10.8. The van der Waals surface area contributed by atoms with E-state index in [0.717, 1.165) is 25.4 Å². The maximum absolute atomic E-state index is 10.8. The number of halogens is 1. The van der Waals surface area contributed by atoms with Gasteiger partial charge in [-0.05, 0) is 24.6 Å². The number of aryl methyl sites for hydroxylation is 1. The van der Waals surface area contributed by atoms with Crippen molar-refractivity contribution in [2.45, 2.75) is 6.92 Å². The zero-order valence-electron chi connectivity index (χ0n) is 9.68. The number of carboxylic acids is 1. The topological polar surface area (TPSA) is 53.4 Å². The zero-order chi connectivity index (χ0) is 12.9. The summed E-state index contributed by atoms with van der Waals surface area (Å²) in [4.78, 5) is 17.4. The molecule has 3 rings (SSSR count). The van der Waals surface area contributed by atoms with E-state index in [1.54, 1.807) is 11.3 Å². The first-order valence-corrected chi connectivity index (χ1v) is 7.20. The summed E-state index contributed by atoms with van der Waals surface area (Å²) in [5.41, 5.74) is 2.15. The molecule has 1 aliphatic rings. The van der Waals surface area contributed by atoms with Gasteiger partial charge in [-0.25, -0.2) is 4.98 Å². The monoisotopic (exact) mass is 326 g/mol. The molecule has 0 saturated carbocycles. The molecule has 1 N–H and O–H groups in total. The third kappa shape index (κ3) is 1.89. The molecule has 0 unspecified atom stereocenters. The Hall–Kier alpha value is -1.14. The Kier molecular flexibility index (Phi) is 2.79. The molecule has 1 fully saturated rings. The molecule has 18 heavy (non-hydrogen) atoms. The fourth-order valence-electron chi connectivity index (χ4n) is 2.07. The lowest BCUT2D eigenvalue weighted by Crippen LogP contribution is -2.50. The van der Waals surface area contributed by atoms with E-state index < -0.39 is 5.97 Å². The van der Waals surface area contributed by atoms with Crippen LogP contribution in [0.15, 0.2) is 16.6 Å². The fraction of sp³-hybridized carbons (Fsp3) is 0.333. The Balaban J connectivity index is 1.91. The maximum Gasteiger partial charge on any atom is 0.310 e. The van der Waals surface area contributed by atoms with Crippen LogP contribution >= 0.6 is 27.3 Å². The number of fused-ring (bicyclic) bond motifs is 1. The number of benzene rings is 1. The van der Waals surface area contributed by atoms with Gasteiger partial charge in [0.2, 0.25) is 0 Å². The Bertz CT molecular complexity index is 634. The molecule has 0 amide bonds. The van der Waals surface area contributed by atoms with Crippen LogP contribution in [0.5, 0.6) is 0 Å². The molecule has 1 saturated heterocycles. The van der Waals surface area contributed by atoms with Crippen LogP contribution in [0.25, 0.3) is 10.2 Å². The Morgan fingerprint density at radius 2 is 2.28 bits per heavy atom. The lowest BCUT2D eigenvalue weighted by Gasteiger charge is -2.36. The van der Waals surface area contributed by atoms with Crippen LogP contribution in [0.4, 0.5) is 5.13 Å². The van der Waals surface area contributed by atoms with E-state index in [9.17, 15) is 4.79 Å².